The van der Waals surface area contributed by atoms with Crippen LogP contribution in [0.5, 0.6) is 0 Å². The monoisotopic (exact) mass is 357 g/mol. The van der Waals surface area contributed by atoms with E-state index < -0.39 is 21.8 Å². The van der Waals surface area contributed by atoms with Gasteiger partial charge in [0.25, 0.3) is 0 Å². The van der Waals surface area contributed by atoms with Crippen LogP contribution in [-0.4, -0.2) is 38.6 Å². The SMILES string of the molecule is O=C(Nc1ccc(Cl)c(N2CCCS2(=O)=O)c1)C(=O)NC1CC1. The topological polar surface area (TPSA) is 95.6 Å². The molecule has 0 atom stereocenters. The van der Waals surface area contributed by atoms with Gasteiger partial charge in [0, 0.05) is 18.3 Å². The number of nitrogens with zero attached hydrogens (tertiary/aromatic N) is 1. The number of nitrogens with one attached hydrogen (secondary N) is 2. The number of rotatable bonds is 3. The molecule has 1 saturated heterocycles. The molecule has 9 heteroatoms. The van der Waals surface area contributed by atoms with Crippen molar-refractivity contribution in [2.24, 2.45) is 0 Å². The summed E-state index contributed by atoms with van der Waals surface area (Å²) < 4.78 is 25.2. The van der Waals surface area contributed by atoms with Gasteiger partial charge in [0.05, 0.1) is 16.5 Å². The van der Waals surface area contributed by atoms with Crippen molar-refractivity contribution >= 4 is 44.8 Å². The Hall–Kier alpha value is -1.80. The van der Waals surface area contributed by atoms with Crippen LogP contribution in [0.3, 0.4) is 0 Å². The van der Waals surface area contributed by atoms with E-state index in [-0.39, 0.29) is 16.8 Å². The summed E-state index contributed by atoms with van der Waals surface area (Å²) in [7, 11) is -3.37. The van der Waals surface area contributed by atoms with Gasteiger partial charge in [0.1, 0.15) is 0 Å². The maximum Gasteiger partial charge on any atom is 0.313 e. The van der Waals surface area contributed by atoms with E-state index in [0.29, 0.717) is 24.3 Å². The lowest BCUT2D eigenvalue weighted by molar-refractivity contribution is -0.136. The number of anilines is 2. The van der Waals surface area contributed by atoms with Crippen LogP contribution in [0.25, 0.3) is 0 Å². The number of carbonyl (C=O) groups is 2. The fraction of sp³-hybridized carbons (Fsp3) is 0.429. The lowest BCUT2D eigenvalue weighted by Crippen LogP contribution is -2.36. The maximum absolute atomic E-state index is 12.0. The van der Waals surface area contributed by atoms with Gasteiger partial charge in [-0.05, 0) is 37.5 Å². The summed E-state index contributed by atoms with van der Waals surface area (Å²) in [6.45, 7) is 0.349. The van der Waals surface area contributed by atoms with Crippen LogP contribution in [0.1, 0.15) is 19.3 Å². The molecule has 2 aliphatic rings. The summed E-state index contributed by atoms with van der Waals surface area (Å²) in [5, 5.41) is 5.32. The van der Waals surface area contributed by atoms with Gasteiger partial charge in [0.2, 0.25) is 10.0 Å². The normalized spacial score (nSPS) is 19.4. The van der Waals surface area contributed by atoms with Crippen molar-refractivity contribution in [3.05, 3.63) is 23.2 Å². The van der Waals surface area contributed by atoms with Gasteiger partial charge < -0.3 is 10.6 Å². The fourth-order valence-electron chi connectivity index (χ4n) is 2.36. The average Bonchev–Trinajstić information content (AvgIpc) is 3.23. The first-order valence-electron chi connectivity index (χ1n) is 7.28. The number of hydrogen-bond donors (Lipinski definition) is 2. The second-order valence-electron chi connectivity index (χ2n) is 5.61. The Morgan fingerprint density at radius 1 is 1.22 bits per heavy atom. The standard InChI is InChI=1S/C14H16ClN3O4S/c15-11-5-4-10(17-14(20)13(19)16-9-2-3-9)8-12(11)18-6-1-7-23(18,21)22/h4-5,8-9H,1-3,6-7H2,(H,16,19)(H,17,20). The molecule has 124 valence electrons. The second kappa shape index (κ2) is 6.01. The van der Waals surface area contributed by atoms with Crippen molar-refractivity contribution in [2.75, 3.05) is 21.9 Å². The smallest absolute Gasteiger partial charge is 0.313 e. The molecule has 0 bridgehead atoms. The highest BCUT2D eigenvalue weighted by atomic mass is 35.5. The summed E-state index contributed by atoms with van der Waals surface area (Å²) in [6, 6.07) is 4.58. The molecule has 0 aromatic heterocycles. The highest BCUT2D eigenvalue weighted by Crippen LogP contribution is 2.33. The van der Waals surface area contributed by atoms with Crippen LogP contribution in [0.4, 0.5) is 11.4 Å². The minimum absolute atomic E-state index is 0.0731. The minimum atomic E-state index is -3.37. The first kappa shape index (κ1) is 16.1. The Kier molecular flexibility index (Phi) is 4.20. The predicted molar refractivity (Wildman–Crippen MR) is 87.0 cm³/mol. The van der Waals surface area contributed by atoms with Crippen LogP contribution in [0.15, 0.2) is 18.2 Å². The molecule has 1 aromatic rings. The molecule has 3 rings (SSSR count). The molecule has 2 amide bonds. The van der Waals surface area contributed by atoms with Crippen LogP contribution in [0, 0.1) is 0 Å². The van der Waals surface area contributed by atoms with Crippen molar-refractivity contribution in [1.29, 1.82) is 0 Å². The van der Waals surface area contributed by atoms with Crippen LogP contribution >= 0.6 is 11.6 Å². The second-order valence-corrected chi connectivity index (χ2v) is 8.03. The maximum atomic E-state index is 12.0. The third-order valence-corrected chi connectivity index (χ3v) is 5.87. The van der Waals surface area contributed by atoms with Crippen molar-refractivity contribution in [3.8, 4) is 0 Å². The van der Waals surface area contributed by atoms with Gasteiger partial charge in [-0.15, -0.1) is 0 Å². The predicted octanol–water partition coefficient (Wildman–Crippen LogP) is 1.10. The molecule has 0 radical (unpaired) electrons. The van der Waals surface area contributed by atoms with Gasteiger partial charge in [-0.1, -0.05) is 11.6 Å². The molecule has 2 N–H and O–H groups in total. The number of carbonyl (C=O) groups excluding carboxylic acids is 2. The van der Waals surface area contributed by atoms with E-state index in [1.807, 2.05) is 0 Å². The fourth-order valence-corrected chi connectivity index (χ4v) is 4.20. The molecule has 2 fully saturated rings. The summed E-state index contributed by atoms with van der Waals surface area (Å²) in [5.41, 5.74) is 0.631. The number of halogens is 1. The molecule has 1 aliphatic carbocycles. The van der Waals surface area contributed by atoms with Crippen LogP contribution < -0.4 is 14.9 Å². The lowest BCUT2D eigenvalue weighted by atomic mass is 10.2. The summed E-state index contributed by atoms with van der Waals surface area (Å²) in [4.78, 5) is 23.5. The van der Waals surface area contributed by atoms with Crippen molar-refractivity contribution < 1.29 is 18.0 Å². The van der Waals surface area contributed by atoms with E-state index in [9.17, 15) is 18.0 Å². The highest BCUT2D eigenvalue weighted by molar-refractivity contribution is 7.93. The number of hydrogen-bond acceptors (Lipinski definition) is 4. The first-order valence-corrected chi connectivity index (χ1v) is 9.27. The summed E-state index contributed by atoms with van der Waals surface area (Å²) in [5.74, 6) is -1.41. The molecule has 7 nitrogen and oxygen atoms in total. The average molecular weight is 358 g/mol. The molecule has 0 spiro atoms. The summed E-state index contributed by atoms with van der Waals surface area (Å²) >= 11 is 6.08. The van der Waals surface area contributed by atoms with Crippen LogP contribution in [0.2, 0.25) is 5.02 Å². The van der Waals surface area contributed by atoms with Crippen LogP contribution in [-0.2, 0) is 19.6 Å². The van der Waals surface area contributed by atoms with E-state index in [2.05, 4.69) is 10.6 Å². The van der Waals surface area contributed by atoms with Gasteiger partial charge in [-0.3, -0.25) is 13.9 Å². The van der Waals surface area contributed by atoms with E-state index in [1.54, 1.807) is 0 Å². The summed E-state index contributed by atoms with van der Waals surface area (Å²) in [6.07, 6.45) is 2.30. The Bertz CT molecular complexity index is 761. The zero-order valence-corrected chi connectivity index (χ0v) is 13.8. The third kappa shape index (κ3) is 3.59. The number of benzene rings is 1. The highest BCUT2D eigenvalue weighted by Gasteiger charge is 2.30. The minimum Gasteiger partial charge on any atom is -0.345 e. The Morgan fingerprint density at radius 3 is 2.57 bits per heavy atom. The third-order valence-electron chi connectivity index (χ3n) is 3.69. The molecule has 1 saturated carbocycles. The van der Waals surface area contributed by atoms with Crippen molar-refractivity contribution in [1.82, 2.24) is 5.32 Å². The van der Waals surface area contributed by atoms with Gasteiger partial charge >= 0.3 is 11.8 Å². The van der Waals surface area contributed by atoms with Gasteiger partial charge in [0.15, 0.2) is 0 Å². The zero-order valence-electron chi connectivity index (χ0n) is 12.2. The lowest BCUT2D eigenvalue weighted by Gasteiger charge is -2.19. The van der Waals surface area contributed by atoms with Crippen molar-refractivity contribution in [3.63, 3.8) is 0 Å². The molecular weight excluding hydrogens is 342 g/mol. The molecule has 23 heavy (non-hydrogen) atoms. The largest absolute Gasteiger partial charge is 0.345 e. The quantitative estimate of drug-likeness (QED) is 0.792. The Labute approximate surface area is 139 Å². The molecular formula is C14H16ClN3O4S. The zero-order chi connectivity index (χ0) is 16.6. The first-order chi connectivity index (χ1) is 10.9. The number of sulfonamides is 1. The van der Waals surface area contributed by atoms with Gasteiger partial charge in [-0.25, -0.2) is 8.42 Å². The van der Waals surface area contributed by atoms with E-state index in [1.165, 1.54) is 22.5 Å². The van der Waals surface area contributed by atoms with E-state index in [4.69, 9.17) is 11.6 Å². The molecule has 0 unspecified atom stereocenters. The molecule has 1 aliphatic heterocycles. The Morgan fingerprint density at radius 2 is 1.96 bits per heavy atom. The van der Waals surface area contributed by atoms with E-state index in [0.717, 1.165) is 12.8 Å². The van der Waals surface area contributed by atoms with E-state index >= 15 is 0 Å². The molecule has 1 aromatic carbocycles. The molecule has 1 heterocycles. The van der Waals surface area contributed by atoms with Gasteiger partial charge in [-0.2, -0.15) is 0 Å². The number of amides is 2. The Balaban J connectivity index is 1.77. The van der Waals surface area contributed by atoms with Crippen molar-refractivity contribution in [2.45, 2.75) is 25.3 Å².